The van der Waals surface area contributed by atoms with E-state index in [1.54, 1.807) is 0 Å². The molecule has 0 aliphatic rings. The smallest absolute Gasteiger partial charge is 0.252 e. The van der Waals surface area contributed by atoms with Gasteiger partial charge < -0.3 is 5.32 Å². The van der Waals surface area contributed by atoms with E-state index in [0.717, 1.165) is 35.4 Å². The lowest BCUT2D eigenvalue weighted by Crippen LogP contribution is -2.24. The number of rotatable bonds is 6. The first-order chi connectivity index (χ1) is 14.6. The molecule has 0 unspecified atom stereocenters. The first kappa shape index (κ1) is 20.1. The van der Waals surface area contributed by atoms with Crippen molar-refractivity contribution in [1.82, 2.24) is 20.5 Å². The van der Waals surface area contributed by atoms with Gasteiger partial charge in [-0.3, -0.25) is 9.89 Å². The van der Waals surface area contributed by atoms with Gasteiger partial charge in [0.25, 0.3) is 5.91 Å². The van der Waals surface area contributed by atoms with E-state index in [0.29, 0.717) is 28.2 Å². The third-order valence-corrected chi connectivity index (χ3v) is 5.32. The van der Waals surface area contributed by atoms with Crippen LogP contribution in [0.4, 0.5) is 0 Å². The van der Waals surface area contributed by atoms with Crippen LogP contribution in [0, 0.1) is 6.92 Å². The normalized spacial score (nSPS) is 11.0. The summed E-state index contributed by atoms with van der Waals surface area (Å²) in [4.78, 5) is 17.8. The van der Waals surface area contributed by atoms with Gasteiger partial charge in [0.15, 0.2) is 5.65 Å². The molecule has 6 heteroatoms. The number of carbonyl (C=O) groups excluding carboxylic acids is 1. The Morgan fingerprint density at radius 2 is 1.77 bits per heavy atom. The Labute approximate surface area is 180 Å². The van der Waals surface area contributed by atoms with Crippen LogP contribution in [-0.2, 0) is 0 Å². The van der Waals surface area contributed by atoms with Crippen molar-refractivity contribution in [3.05, 3.63) is 70.7 Å². The summed E-state index contributed by atoms with van der Waals surface area (Å²) in [5.41, 5.74) is 5.56. The van der Waals surface area contributed by atoms with Gasteiger partial charge in [-0.25, -0.2) is 4.98 Å². The standard InChI is InChI=1S/C24H23ClN4O/c1-3-4-13-26-24(30)19-14-20(16-7-5-15(2)6-8-16)27-23-21(19)22(28-29-23)17-9-11-18(25)12-10-17/h5-12,14H,3-4,13H2,1-2H3,(H,26,30)(H,27,28,29). The number of nitrogens with one attached hydrogen (secondary N) is 2. The number of benzene rings is 2. The number of aromatic amines is 1. The number of aromatic nitrogens is 3. The van der Waals surface area contributed by atoms with Crippen LogP contribution in [0.25, 0.3) is 33.5 Å². The minimum absolute atomic E-state index is 0.124. The molecule has 4 rings (SSSR count). The molecular formula is C24H23ClN4O. The molecule has 0 atom stereocenters. The van der Waals surface area contributed by atoms with Crippen molar-refractivity contribution in [3.8, 4) is 22.5 Å². The van der Waals surface area contributed by atoms with Gasteiger partial charge in [0.1, 0.15) is 0 Å². The summed E-state index contributed by atoms with van der Waals surface area (Å²) in [6.45, 7) is 4.77. The lowest BCUT2D eigenvalue weighted by Gasteiger charge is -2.10. The largest absolute Gasteiger partial charge is 0.352 e. The molecule has 0 fully saturated rings. The monoisotopic (exact) mass is 418 g/mol. The highest BCUT2D eigenvalue weighted by Gasteiger charge is 2.20. The van der Waals surface area contributed by atoms with Crippen LogP contribution >= 0.6 is 11.6 Å². The van der Waals surface area contributed by atoms with Gasteiger partial charge in [0, 0.05) is 22.7 Å². The molecule has 5 nitrogen and oxygen atoms in total. The first-order valence-corrected chi connectivity index (χ1v) is 10.4. The number of amides is 1. The summed E-state index contributed by atoms with van der Waals surface area (Å²) < 4.78 is 0. The van der Waals surface area contributed by atoms with Crippen LogP contribution in [-0.4, -0.2) is 27.6 Å². The molecule has 2 aromatic carbocycles. The summed E-state index contributed by atoms with van der Waals surface area (Å²) in [6.07, 6.45) is 1.95. The van der Waals surface area contributed by atoms with Crippen molar-refractivity contribution in [2.75, 3.05) is 6.54 Å². The second-order valence-electron chi connectivity index (χ2n) is 7.33. The molecule has 0 saturated heterocycles. The maximum Gasteiger partial charge on any atom is 0.252 e. The molecule has 0 aliphatic carbocycles. The first-order valence-electron chi connectivity index (χ1n) is 10.1. The molecule has 2 aromatic heterocycles. The molecule has 0 aliphatic heterocycles. The maximum absolute atomic E-state index is 13.1. The average molecular weight is 419 g/mol. The Kier molecular flexibility index (Phi) is 5.81. The highest BCUT2D eigenvalue weighted by Crippen LogP contribution is 2.32. The van der Waals surface area contributed by atoms with Gasteiger partial charge in [-0.2, -0.15) is 5.10 Å². The van der Waals surface area contributed by atoms with E-state index >= 15 is 0 Å². The van der Waals surface area contributed by atoms with Crippen molar-refractivity contribution in [2.45, 2.75) is 26.7 Å². The molecule has 152 valence electrons. The summed E-state index contributed by atoms with van der Waals surface area (Å²) in [7, 11) is 0. The van der Waals surface area contributed by atoms with Crippen LogP contribution in [0.3, 0.4) is 0 Å². The Morgan fingerprint density at radius 1 is 1.07 bits per heavy atom. The molecule has 2 heterocycles. The van der Waals surface area contributed by atoms with E-state index in [-0.39, 0.29) is 5.91 Å². The second kappa shape index (κ2) is 8.67. The van der Waals surface area contributed by atoms with Crippen molar-refractivity contribution in [2.24, 2.45) is 0 Å². The number of hydrogen-bond acceptors (Lipinski definition) is 3. The predicted molar refractivity (Wildman–Crippen MR) is 122 cm³/mol. The fourth-order valence-corrected chi connectivity index (χ4v) is 3.50. The van der Waals surface area contributed by atoms with Crippen LogP contribution in [0.5, 0.6) is 0 Å². The van der Waals surface area contributed by atoms with E-state index in [2.05, 4.69) is 22.4 Å². The fourth-order valence-electron chi connectivity index (χ4n) is 3.37. The zero-order valence-electron chi connectivity index (χ0n) is 17.0. The molecule has 0 bridgehead atoms. The highest BCUT2D eigenvalue weighted by molar-refractivity contribution is 6.30. The number of nitrogens with zero attached hydrogens (tertiary/aromatic N) is 2. The van der Waals surface area contributed by atoms with E-state index < -0.39 is 0 Å². The number of H-pyrrole nitrogens is 1. The molecule has 1 amide bonds. The number of carbonyl (C=O) groups is 1. The highest BCUT2D eigenvalue weighted by atomic mass is 35.5. The second-order valence-corrected chi connectivity index (χ2v) is 7.77. The maximum atomic E-state index is 13.1. The minimum atomic E-state index is -0.124. The number of fused-ring (bicyclic) bond motifs is 1. The van der Waals surface area contributed by atoms with E-state index in [4.69, 9.17) is 16.6 Å². The quantitative estimate of drug-likeness (QED) is 0.389. The number of hydrogen-bond donors (Lipinski definition) is 2. The lowest BCUT2D eigenvalue weighted by atomic mass is 10.0. The zero-order valence-corrected chi connectivity index (χ0v) is 17.8. The number of pyridine rings is 1. The van der Waals surface area contributed by atoms with E-state index in [1.807, 2.05) is 61.5 Å². The van der Waals surface area contributed by atoms with E-state index in [9.17, 15) is 4.79 Å². The van der Waals surface area contributed by atoms with Gasteiger partial charge in [0.2, 0.25) is 0 Å². The van der Waals surface area contributed by atoms with Crippen LogP contribution in [0.15, 0.2) is 54.6 Å². The number of aryl methyl sites for hydroxylation is 1. The number of halogens is 1. The van der Waals surface area contributed by atoms with Crippen molar-refractivity contribution in [3.63, 3.8) is 0 Å². The third-order valence-electron chi connectivity index (χ3n) is 5.06. The van der Waals surface area contributed by atoms with Gasteiger partial charge in [-0.1, -0.05) is 66.9 Å². The Morgan fingerprint density at radius 3 is 2.47 bits per heavy atom. The van der Waals surface area contributed by atoms with Crippen molar-refractivity contribution >= 4 is 28.5 Å². The number of unbranched alkanes of at least 4 members (excludes halogenated alkanes) is 1. The van der Waals surface area contributed by atoms with Crippen LogP contribution in [0.1, 0.15) is 35.7 Å². The van der Waals surface area contributed by atoms with Crippen molar-refractivity contribution < 1.29 is 4.79 Å². The Balaban J connectivity index is 1.87. The molecular weight excluding hydrogens is 396 g/mol. The summed E-state index contributed by atoms with van der Waals surface area (Å²) in [6, 6.07) is 17.4. The molecule has 2 N–H and O–H groups in total. The zero-order chi connectivity index (χ0) is 21.1. The Hall–Kier alpha value is -3.18. The molecule has 4 aromatic rings. The fraction of sp³-hybridized carbons (Fsp3) is 0.208. The van der Waals surface area contributed by atoms with Crippen LogP contribution < -0.4 is 5.32 Å². The average Bonchev–Trinajstić information content (AvgIpc) is 3.18. The topological polar surface area (TPSA) is 70.7 Å². The summed E-state index contributed by atoms with van der Waals surface area (Å²) in [5.74, 6) is -0.124. The SMILES string of the molecule is CCCCNC(=O)c1cc(-c2ccc(C)cc2)nc2n[nH]c(-c3ccc(Cl)cc3)c12. The molecule has 0 spiro atoms. The lowest BCUT2D eigenvalue weighted by molar-refractivity contribution is 0.0955. The van der Waals surface area contributed by atoms with Gasteiger partial charge in [0.05, 0.1) is 22.3 Å². The van der Waals surface area contributed by atoms with Crippen LogP contribution in [0.2, 0.25) is 5.02 Å². The molecule has 0 radical (unpaired) electrons. The minimum Gasteiger partial charge on any atom is -0.352 e. The van der Waals surface area contributed by atoms with Gasteiger partial charge >= 0.3 is 0 Å². The molecule has 30 heavy (non-hydrogen) atoms. The Bertz CT molecular complexity index is 1180. The third kappa shape index (κ3) is 4.07. The van der Waals surface area contributed by atoms with Gasteiger partial charge in [-0.05, 0) is 31.5 Å². The molecule has 0 saturated carbocycles. The predicted octanol–water partition coefficient (Wildman–Crippen LogP) is 5.78. The summed E-state index contributed by atoms with van der Waals surface area (Å²) >= 11 is 6.04. The summed E-state index contributed by atoms with van der Waals surface area (Å²) in [5, 5.41) is 11.9. The van der Waals surface area contributed by atoms with Crippen molar-refractivity contribution in [1.29, 1.82) is 0 Å². The van der Waals surface area contributed by atoms with Gasteiger partial charge in [-0.15, -0.1) is 0 Å². The van der Waals surface area contributed by atoms with E-state index in [1.165, 1.54) is 5.56 Å².